The van der Waals surface area contributed by atoms with Crippen molar-refractivity contribution in [1.82, 2.24) is 4.98 Å². The van der Waals surface area contributed by atoms with Gasteiger partial charge in [0.1, 0.15) is 0 Å². The molecule has 0 aromatic carbocycles. The molecule has 16 heavy (non-hydrogen) atoms. The molecule has 4 nitrogen and oxygen atoms in total. The van der Waals surface area contributed by atoms with Gasteiger partial charge in [-0.25, -0.2) is 13.8 Å². The third-order valence-electron chi connectivity index (χ3n) is 1.76. The van der Waals surface area contributed by atoms with Crippen molar-refractivity contribution in [2.45, 2.75) is 12.8 Å². The van der Waals surface area contributed by atoms with Crippen LogP contribution in [0.15, 0.2) is 6.07 Å². The minimum atomic E-state index is -3.07. The molecular formula is C9H5F3N2O2. The van der Waals surface area contributed by atoms with E-state index in [1.807, 2.05) is 0 Å². The number of alkyl halides is 2. The zero-order valence-electron chi connectivity index (χ0n) is 7.75. The van der Waals surface area contributed by atoms with Gasteiger partial charge in [-0.3, -0.25) is 4.79 Å². The highest BCUT2D eigenvalue weighted by Crippen LogP contribution is 2.26. The Hall–Kier alpha value is -2.10. The molecule has 1 aromatic rings. The predicted molar refractivity (Wildman–Crippen MR) is 45.2 cm³/mol. The van der Waals surface area contributed by atoms with E-state index in [4.69, 9.17) is 10.4 Å². The van der Waals surface area contributed by atoms with E-state index in [1.165, 1.54) is 6.07 Å². The number of hydrogen-bond acceptors (Lipinski definition) is 3. The summed E-state index contributed by atoms with van der Waals surface area (Å²) in [4.78, 5) is 13.4. The minimum absolute atomic E-state index is 0.548. The van der Waals surface area contributed by atoms with Crippen molar-refractivity contribution in [3.63, 3.8) is 0 Å². The summed E-state index contributed by atoms with van der Waals surface area (Å²) in [5.41, 5.74) is -2.05. The van der Waals surface area contributed by atoms with Crippen LogP contribution in [0.25, 0.3) is 0 Å². The van der Waals surface area contributed by atoms with Crippen LogP contribution in [0.3, 0.4) is 0 Å². The zero-order valence-corrected chi connectivity index (χ0v) is 7.75. The van der Waals surface area contributed by atoms with Gasteiger partial charge in [0.25, 0.3) is 6.43 Å². The molecule has 7 heteroatoms. The Balaban J connectivity index is 3.39. The first-order chi connectivity index (χ1) is 7.45. The standard InChI is InChI=1S/C9H5F3N2O2/c10-6-1-4(3-13)8(9(11)12)5(14-6)2-7(15)16/h1,9H,2H2,(H,15,16). The van der Waals surface area contributed by atoms with Crippen molar-refractivity contribution >= 4 is 5.97 Å². The van der Waals surface area contributed by atoms with Gasteiger partial charge in [0, 0.05) is 6.07 Å². The van der Waals surface area contributed by atoms with Crippen molar-refractivity contribution in [2.75, 3.05) is 0 Å². The molecule has 0 spiro atoms. The van der Waals surface area contributed by atoms with E-state index in [-0.39, 0.29) is 0 Å². The number of nitriles is 1. The Morgan fingerprint density at radius 1 is 1.62 bits per heavy atom. The number of nitrogens with zero attached hydrogens (tertiary/aromatic N) is 2. The second-order valence-corrected chi connectivity index (χ2v) is 2.84. The van der Waals surface area contributed by atoms with Gasteiger partial charge in [0.05, 0.1) is 29.3 Å². The molecule has 1 aromatic heterocycles. The SMILES string of the molecule is N#Cc1cc(F)nc(CC(=O)O)c1C(F)F. The third kappa shape index (κ3) is 2.48. The van der Waals surface area contributed by atoms with E-state index in [9.17, 15) is 18.0 Å². The fraction of sp³-hybridized carbons (Fsp3) is 0.222. The van der Waals surface area contributed by atoms with Crippen LogP contribution >= 0.6 is 0 Å². The molecule has 1 rings (SSSR count). The summed E-state index contributed by atoms with van der Waals surface area (Å²) >= 11 is 0. The van der Waals surface area contributed by atoms with Gasteiger partial charge >= 0.3 is 5.97 Å². The number of pyridine rings is 1. The molecule has 0 amide bonds. The fourth-order valence-electron chi connectivity index (χ4n) is 1.19. The molecule has 84 valence electrons. The lowest BCUT2D eigenvalue weighted by Gasteiger charge is -2.07. The van der Waals surface area contributed by atoms with E-state index in [1.54, 1.807) is 0 Å². The lowest BCUT2D eigenvalue weighted by atomic mass is 10.1. The summed E-state index contributed by atoms with van der Waals surface area (Å²) in [6.45, 7) is 0. The zero-order chi connectivity index (χ0) is 12.3. The number of aromatic nitrogens is 1. The molecule has 1 N–H and O–H groups in total. The van der Waals surface area contributed by atoms with Gasteiger partial charge in [-0.15, -0.1) is 0 Å². The number of rotatable bonds is 3. The summed E-state index contributed by atoms with van der Waals surface area (Å²) < 4.78 is 37.9. The Morgan fingerprint density at radius 2 is 2.25 bits per heavy atom. The number of hydrogen-bond donors (Lipinski definition) is 1. The van der Waals surface area contributed by atoms with Crippen LogP contribution in [0.1, 0.15) is 23.2 Å². The highest BCUT2D eigenvalue weighted by Gasteiger charge is 2.22. The van der Waals surface area contributed by atoms with Crippen molar-refractivity contribution in [3.8, 4) is 6.07 Å². The fourth-order valence-corrected chi connectivity index (χ4v) is 1.19. The molecule has 0 aliphatic carbocycles. The Morgan fingerprint density at radius 3 is 2.69 bits per heavy atom. The van der Waals surface area contributed by atoms with Gasteiger partial charge in [-0.1, -0.05) is 0 Å². The van der Waals surface area contributed by atoms with Crippen LogP contribution < -0.4 is 0 Å². The summed E-state index contributed by atoms with van der Waals surface area (Å²) in [6.07, 6.45) is -3.93. The van der Waals surface area contributed by atoms with Gasteiger partial charge in [-0.2, -0.15) is 9.65 Å². The first-order valence-corrected chi connectivity index (χ1v) is 4.05. The molecule has 1 heterocycles. The summed E-state index contributed by atoms with van der Waals surface area (Å²) in [5, 5.41) is 17.0. The predicted octanol–water partition coefficient (Wildman–Crippen LogP) is 1.66. The van der Waals surface area contributed by atoms with E-state index in [0.29, 0.717) is 6.07 Å². The summed E-state index contributed by atoms with van der Waals surface area (Å²) in [7, 11) is 0. The van der Waals surface area contributed by atoms with E-state index in [0.717, 1.165) is 0 Å². The third-order valence-corrected chi connectivity index (χ3v) is 1.76. The lowest BCUT2D eigenvalue weighted by Crippen LogP contribution is -2.09. The van der Waals surface area contributed by atoms with Crippen molar-refractivity contribution in [2.24, 2.45) is 0 Å². The first-order valence-electron chi connectivity index (χ1n) is 4.05. The maximum Gasteiger partial charge on any atom is 0.309 e. The topological polar surface area (TPSA) is 74.0 Å². The van der Waals surface area contributed by atoms with E-state index >= 15 is 0 Å². The van der Waals surface area contributed by atoms with Crippen LogP contribution in [0, 0.1) is 17.3 Å². The number of carboxylic acid groups (broad SMARTS) is 1. The first kappa shape index (κ1) is 12.0. The second-order valence-electron chi connectivity index (χ2n) is 2.84. The molecule has 0 atom stereocenters. The molecule has 0 aliphatic rings. The molecular weight excluding hydrogens is 225 g/mol. The average Bonchev–Trinajstić information content (AvgIpc) is 2.14. The molecule has 0 unspecified atom stereocenters. The normalized spacial score (nSPS) is 10.2. The maximum absolute atomic E-state index is 12.8. The van der Waals surface area contributed by atoms with Crippen LogP contribution in [-0.2, 0) is 11.2 Å². The Labute approximate surface area is 88.0 Å². The quantitative estimate of drug-likeness (QED) is 0.801. The highest BCUT2D eigenvalue weighted by atomic mass is 19.3. The largest absolute Gasteiger partial charge is 0.481 e. The lowest BCUT2D eigenvalue weighted by molar-refractivity contribution is -0.136. The van der Waals surface area contributed by atoms with E-state index in [2.05, 4.69) is 4.98 Å². The van der Waals surface area contributed by atoms with Crippen molar-refractivity contribution in [3.05, 3.63) is 28.8 Å². The number of aliphatic carboxylic acids is 1. The average molecular weight is 230 g/mol. The number of halogens is 3. The van der Waals surface area contributed by atoms with Gasteiger partial charge in [0.2, 0.25) is 5.95 Å². The highest BCUT2D eigenvalue weighted by molar-refractivity contribution is 5.70. The smallest absolute Gasteiger partial charge is 0.309 e. The Bertz CT molecular complexity index is 469. The van der Waals surface area contributed by atoms with Crippen LogP contribution in [0.2, 0.25) is 0 Å². The molecule has 0 fully saturated rings. The number of carbonyl (C=O) groups is 1. The molecule has 0 bridgehead atoms. The molecule has 0 aliphatic heterocycles. The van der Waals surface area contributed by atoms with Gasteiger partial charge < -0.3 is 5.11 Å². The van der Waals surface area contributed by atoms with Crippen LogP contribution in [0.4, 0.5) is 13.2 Å². The maximum atomic E-state index is 12.8. The monoisotopic (exact) mass is 230 g/mol. The summed E-state index contributed by atoms with van der Waals surface area (Å²) in [5.74, 6) is -2.58. The van der Waals surface area contributed by atoms with Gasteiger partial charge in [-0.05, 0) is 0 Å². The second kappa shape index (κ2) is 4.61. The van der Waals surface area contributed by atoms with Crippen molar-refractivity contribution in [1.29, 1.82) is 5.26 Å². The number of carboxylic acids is 1. The minimum Gasteiger partial charge on any atom is -0.481 e. The van der Waals surface area contributed by atoms with Crippen LogP contribution in [0.5, 0.6) is 0 Å². The summed E-state index contributed by atoms with van der Waals surface area (Å²) in [6, 6.07) is 1.93. The van der Waals surface area contributed by atoms with Gasteiger partial charge in [0.15, 0.2) is 0 Å². The molecule has 0 radical (unpaired) electrons. The molecule has 0 saturated carbocycles. The van der Waals surface area contributed by atoms with Crippen molar-refractivity contribution < 1.29 is 23.1 Å². The van der Waals surface area contributed by atoms with Crippen LogP contribution in [-0.4, -0.2) is 16.1 Å². The Kier molecular flexibility index (Phi) is 3.45. The molecule has 0 saturated heterocycles. The van der Waals surface area contributed by atoms with E-state index < -0.39 is 41.6 Å².